The van der Waals surface area contributed by atoms with Gasteiger partial charge in [0.2, 0.25) is 0 Å². The fourth-order valence-corrected chi connectivity index (χ4v) is 11.5. The lowest BCUT2D eigenvalue weighted by molar-refractivity contribution is -0.214. The fourth-order valence-electron chi connectivity index (χ4n) is 10.2. The lowest BCUT2D eigenvalue weighted by atomic mass is 9.43. The number of hydrogen-bond acceptors (Lipinski definition) is 4. The molecule has 0 aromatic carbocycles. The van der Waals surface area contributed by atoms with Gasteiger partial charge in [-0.3, -0.25) is 0 Å². The highest BCUT2D eigenvalue weighted by atomic mass is 32.2. The van der Waals surface area contributed by atoms with E-state index in [0.29, 0.717) is 11.3 Å². The normalized spacial score (nSPS) is 46.7. The Morgan fingerprint density at radius 1 is 1.03 bits per heavy atom. The summed E-state index contributed by atoms with van der Waals surface area (Å²) in [4.78, 5) is 2.69. The molecule has 5 fully saturated rings. The van der Waals surface area contributed by atoms with Crippen molar-refractivity contribution in [3.63, 3.8) is 0 Å². The van der Waals surface area contributed by atoms with Gasteiger partial charge < -0.3 is 14.1 Å². The summed E-state index contributed by atoms with van der Waals surface area (Å²) < 4.78 is 12.2. The largest absolute Gasteiger partial charge is 0.472 e. The Hall–Kier alpha value is -0.450. The van der Waals surface area contributed by atoms with Crippen molar-refractivity contribution in [2.24, 2.45) is 28.6 Å². The van der Waals surface area contributed by atoms with Crippen LogP contribution in [0.3, 0.4) is 0 Å². The van der Waals surface area contributed by atoms with E-state index in [1.165, 1.54) is 102 Å². The van der Waals surface area contributed by atoms with Gasteiger partial charge in [-0.15, -0.1) is 0 Å². The summed E-state index contributed by atoms with van der Waals surface area (Å²) in [6.07, 6.45) is 19.1. The van der Waals surface area contributed by atoms with Crippen molar-refractivity contribution in [2.45, 2.75) is 101 Å². The highest BCUT2D eigenvalue weighted by Gasteiger charge is 2.68. The molecule has 0 amide bonds. The first kappa shape index (κ1) is 23.9. The van der Waals surface area contributed by atoms with Crippen molar-refractivity contribution in [2.75, 3.05) is 32.5 Å². The molecule has 1 saturated heterocycles. The third kappa shape index (κ3) is 3.59. The third-order valence-electron chi connectivity index (χ3n) is 12.0. The van der Waals surface area contributed by atoms with Gasteiger partial charge >= 0.3 is 0 Å². The van der Waals surface area contributed by atoms with Crippen LogP contribution in [0.15, 0.2) is 23.0 Å². The molecule has 2 heterocycles. The van der Waals surface area contributed by atoms with Crippen LogP contribution in [0.25, 0.3) is 0 Å². The predicted octanol–water partition coefficient (Wildman–Crippen LogP) is 7.37. The lowest BCUT2D eigenvalue weighted by Gasteiger charge is -2.64. The van der Waals surface area contributed by atoms with Crippen LogP contribution >= 0.6 is 11.8 Å². The Balaban J connectivity index is 1.16. The molecule has 3 unspecified atom stereocenters. The number of hydrogen-bond donors (Lipinski definition) is 0. The van der Waals surface area contributed by atoms with E-state index >= 15 is 0 Å². The molecule has 0 spiro atoms. The molecule has 1 aromatic rings. The summed E-state index contributed by atoms with van der Waals surface area (Å²) in [6.45, 7) is 9.28. The van der Waals surface area contributed by atoms with Crippen LogP contribution in [0.2, 0.25) is 0 Å². The number of furan rings is 1. The second-order valence-electron chi connectivity index (χ2n) is 13.0. The van der Waals surface area contributed by atoms with Crippen LogP contribution in [0, 0.1) is 28.6 Å². The van der Waals surface area contributed by atoms with Crippen molar-refractivity contribution in [1.82, 2.24) is 4.90 Å². The maximum atomic E-state index is 6.71. The van der Waals surface area contributed by atoms with Crippen molar-refractivity contribution in [3.05, 3.63) is 24.2 Å². The molecule has 0 N–H and O–H groups in total. The number of ether oxygens (including phenoxy) is 1. The summed E-state index contributed by atoms with van der Waals surface area (Å²) >= 11 is 2.31. The zero-order valence-corrected chi connectivity index (χ0v) is 22.7. The summed E-state index contributed by atoms with van der Waals surface area (Å²) in [5, 5.41) is 0.902. The SMILES string of the molecule is CO[C@@]12CCC(c3ccoc3)[C@@]1(C)CC[C@@H]1[C@H]2CCC2CC(SCCN3CCCC3)CC[C@@]21C. The van der Waals surface area contributed by atoms with E-state index in [9.17, 15) is 0 Å². The topological polar surface area (TPSA) is 25.6 Å². The smallest absolute Gasteiger partial charge is 0.0937 e. The van der Waals surface area contributed by atoms with E-state index < -0.39 is 0 Å². The maximum Gasteiger partial charge on any atom is 0.0937 e. The molecule has 3 nitrogen and oxygen atoms in total. The minimum Gasteiger partial charge on any atom is -0.472 e. The Labute approximate surface area is 212 Å². The van der Waals surface area contributed by atoms with E-state index in [4.69, 9.17) is 9.15 Å². The monoisotopic (exact) mass is 485 g/mol. The van der Waals surface area contributed by atoms with Crippen molar-refractivity contribution in [1.29, 1.82) is 0 Å². The summed E-state index contributed by atoms with van der Waals surface area (Å²) in [5.74, 6) is 4.43. The van der Waals surface area contributed by atoms with Crippen LogP contribution in [-0.4, -0.2) is 48.2 Å². The molecule has 6 rings (SSSR count). The van der Waals surface area contributed by atoms with Gasteiger partial charge in [0.25, 0.3) is 0 Å². The number of fused-ring (bicyclic) bond motifs is 5. The first-order valence-corrected chi connectivity index (χ1v) is 15.5. The van der Waals surface area contributed by atoms with Gasteiger partial charge in [-0.2, -0.15) is 11.8 Å². The van der Waals surface area contributed by atoms with E-state index in [2.05, 4.69) is 36.6 Å². The van der Waals surface area contributed by atoms with Crippen molar-refractivity contribution >= 4 is 11.8 Å². The Morgan fingerprint density at radius 2 is 1.88 bits per heavy atom. The fraction of sp³-hybridized carbons (Fsp3) is 0.867. The highest BCUT2D eigenvalue weighted by Crippen LogP contribution is 2.71. The molecule has 0 radical (unpaired) electrons. The average Bonchev–Trinajstić information content (AvgIpc) is 3.59. The summed E-state index contributed by atoms with van der Waals surface area (Å²) in [7, 11) is 2.04. The zero-order valence-electron chi connectivity index (χ0n) is 21.9. The molecular weight excluding hydrogens is 438 g/mol. The molecule has 34 heavy (non-hydrogen) atoms. The molecule has 4 heteroatoms. The van der Waals surface area contributed by atoms with E-state index in [-0.39, 0.29) is 11.0 Å². The molecule has 1 aromatic heterocycles. The quantitative estimate of drug-likeness (QED) is 0.420. The summed E-state index contributed by atoms with van der Waals surface area (Å²) in [6, 6.07) is 2.22. The minimum absolute atomic E-state index is 0.0488. The van der Waals surface area contributed by atoms with E-state index in [0.717, 1.165) is 23.0 Å². The van der Waals surface area contributed by atoms with Crippen LogP contribution in [0.4, 0.5) is 0 Å². The van der Waals surface area contributed by atoms with Gasteiger partial charge in [0.05, 0.1) is 18.1 Å². The van der Waals surface area contributed by atoms with Gasteiger partial charge in [0, 0.05) is 30.1 Å². The van der Waals surface area contributed by atoms with Crippen LogP contribution in [0.5, 0.6) is 0 Å². The predicted molar refractivity (Wildman–Crippen MR) is 141 cm³/mol. The van der Waals surface area contributed by atoms with E-state index in [1.54, 1.807) is 0 Å². The first-order chi connectivity index (χ1) is 16.5. The van der Waals surface area contributed by atoms with Gasteiger partial charge in [-0.25, -0.2) is 0 Å². The molecule has 190 valence electrons. The second-order valence-corrected chi connectivity index (χ2v) is 14.4. The number of thioether (sulfide) groups is 1. The van der Waals surface area contributed by atoms with Gasteiger partial charge in [-0.1, -0.05) is 13.8 Å². The maximum absolute atomic E-state index is 6.71. The van der Waals surface area contributed by atoms with Crippen LogP contribution in [0.1, 0.15) is 96.0 Å². The number of methoxy groups -OCH3 is 1. The molecule has 0 bridgehead atoms. The Bertz CT molecular complexity index is 837. The standard InChI is InChI=1S/C30H47NO2S/c1-28-12-8-24(34-19-17-31-15-4-5-16-31)20-23(28)6-7-27-26(28)9-13-29(2)25(22-11-18-33-21-22)10-14-30(27,29)32-3/h11,18,21,23-27H,4-10,12-17,19-20H2,1-3H3/t23?,24?,25?,26-,27-,28+,29-,30-/m1/s1. The van der Waals surface area contributed by atoms with E-state index in [1.807, 2.05) is 19.6 Å². The van der Waals surface area contributed by atoms with Crippen LogP contribution < -0.4 is 0 Å². The van der Waals surface area contributed by atoms with Gasteiger partial charge in [0.1, 0.15) is 0 Å². The van der Waals surface area contributed by atoms with Gasteiger partial charge in [-0.05, 0) is 124 Å². The van der Waals surface area contributed by atoms with Crippen molar-refractivity contribution in [3.8, 4) is 0 Å². The second kappa shape index (κ2) is 9.14. The number of nitrogens with zero attached hydrogens (tertiary/aromatic N) is 1. The van der Waals surface area contributed by atoms with Crippen LogP contribution in [-0.2, 0) is 4.74 Å². The third-order valence-corrected chi connectivity index (χ3v) is 13.3. The molecule has 1 aliphatic heterocycles. The molecule has 8 atom stereocenters. The molecule has 4 aliphatic carbocycles. The average molecular weight is 486 g/mol. The molecule has 4 saturated carbocycles. The molecule has 5 aliphatic rings. The molecular formula is C30H47NO2S. The zero-order chi connectivity index (χ0) is 23.4. The minimum atomic E-state index is 0.0488. The lowest BCUT2D eigenvalue weighted by Crippen LogP contribution is -2.62. The first-order valence-electron chi connectivity index (χ1n) is 14.4. The van der Waals surface area contributed by atoms with Crippen molar-refractivity contribution < 1.29 is 9.15 Å². The summed E-state index contributed by atoms with van der Waals surface area (Å²) in [5.41, 5.74) is 2.22. The number of rotatable bonds is 6. The Kier molecular flexibility index (Phi) is 6.43. The highest BCUT2D eigenvalue weighted by molar-refractivity contribution is 7.99. The van der Waals surface area contributed by atoms with Gasteiger partial charge in [0.15, 0.2) is 0 Å². The number of likely N-dealkylation sites (tertiary alicyclic amines) is 1. The Morgan fingerprint density at radius 3 is 2.65 bits per heavy atom.